The summed E-state index contributed by atoms with van der Waals surface area (Å²) in [5, 5.41) is 3.21. The second kappa shape index (κ2) is 5.54. The van der Waals surface area contributed by atoms with Crippen LogP contribution in [0.4, 0.5) is 8.78 Å². The zero-order chi connectivity index (χ0) is 12.1. The van der Waals surface area contributed by atoms with Gasteiger partial charge in [-0.3, -0.25) is 4.98 Å². The molecule has 1 fully saturated rings. The molecule has 1 atom stereocenters. The Labute approximate surface area is 100 Å². The van der Waals surface area contributed by atoms with Gasteiger partial charge in [0, 0.05) is 25.6 Å². The molecule has 1 saturated carbocycles. The van der Waals surface area contributed by atoms with E-state index in [-0.39, 0.29) is 18.8 Å². The average Bonchev–Trinajstić information content (AvgIpc) is 2.29. The van der Waals surface area contributed by atoms with Crippen LogP contribution in [0.25, 0.3) is 0 Å². The van der Waals surface area contributed by atoms with Crippen LogP contribution in [0.5, 0.6) is 0 Å². The summed E-state index contributed by atoms with van der Waals surface area (Å²) in [6.45, 7) is 1.31. The summed E-state index contributed by atoms with van der Waals surface area (Å²) >= 11 is 0. The van der Waals surface area contributed by atoms with E-state index in [9.17, 15) is 8.78 Å². The summed E-state index contributed by atoms with van der Waals surface area (Å²) < 4.78 is 26.3. The van der Waals surface area contributed by atoms with Crippen molar-refractivity contribution in [3.8, 4) is 0 Å². The second-order valence-electron chi connectivity index (χ2n) is 4.77. The lowest BCUT2D eigenvalue weighted by Crippen LogP contribution is -2.32. The van der Waals surface area contributed by atoms with Crippen LogP contribution < -0.4 is 5.32 Å². The van der Waals surface area contributed by atoms with Crippen molar-refractivity contribution in [2.75, 3.05) is 6.54 Å². The van der Waals surface area contributed by atoms with Gasteiger partial charge >= 0.3 is 0 Å². The highest BCUT2D eigenvalue weighted by Crippen LogP contribution is 2.36. The van der Waals surface area contributed by atoms with E-state index in [1.165, 1.54) is 0 Å². The number of pyridine rings is 1. The minimum atomic E-state index is -2.45. The zero-order valence-corrected chi connectivity index (χ0v) is 9.83. The van der Waals surface area contributed by atoms with Gasteiger partial charge in [0.2, 0.25) is 5.92 Å². The minimum Gasteiger partial charge on any atom is -0.311 e. The number of nitrogens with one attached hydrogen (secondary N) is 1. The van der Waals surface area contributed by atoms with E-state index < -0.39 is 5.92 Å². The molecule has 1 N–H and O–H groups in total. The van der Waals surface area contributed by atoms with Crippen molar-refractivity contribution in [1.82, 2.24) is 10.3 Å². The fraction of sp³-hybridized carbons (Fsp3) is 0.615. The highest BCUT2D eigenvalue weighted by Gasteiger charge is 2.35. The Kier molecular flexibility index (Phi) is 4.05. The molecule has 94 valence electrons. The molecule has 4 heteroatoms. The first-order valence-electron chi connectivity index (χ1n) is 6.14. The molecule has 1 aromatic heterocycles. The van der Waals surface area contributed by atoms with Crippen LogP contribution in [0.3, 0.4) is 0 Å². The van der Waals surface area contributed by atoms with Crippen molar-refractivity contribution >= 4 is 0 Å². The highest BCUT2D eigenvalue weighted by molar-refractivity contribution is 5.02. The average molecular weight is 240 g/mol. The predicted molar refractivity (Wildman–Crippen MR) is 62.8 cm³/mol. The molecule has 1 heterocycles. The van der Waals surface area contributed by atoms with Crippen LogP contribution in [0.1, 0.15) is 31.4 Å². The Bertz CT molecular complexity index is 341. The van der Waals surface area contributed by atoms with Gasteiger partial charge in [-0.05, 0) is 37.4 Å². The molecule has 0 radical (unpaired) electrons. The first kappa shape index (κ1) is 12.4. The van der Waals surface area contributed by atoms with E-state index in [0.717, 1.165) is 12.1 Å². The van der Waals surface area contributed by atoms with Crippen molar-refractivity contribution in [3.63, 3.8) is 0 Å². The number of aromatic nitrogens is 1. The normalized spacial score (nSPS) is 23.5. The summed E-state index contributed by atoms with van der Waals surface area (Å²) in [5.74, 6) is -2.35. The molecule has 1 aliphatic carbocycles. The smallest absolute Gasteiger partial charge is 0.248 e. The SMILES string of the molecule is FC1(F)CCCC(CNCc2ccccn2)C1. The molecular weight excluding hydrogens is 222 g/mol. The molecule has 1 aliphatic rings. The Morgan fingerprint density at radius 1 is 1.41 bits per heavy atom. The second-order valence-corrected chi connectivity index (χ2v) is 4.77. The van der Waals surface area contributed by atoms with Crippen LogP contribution in [-0.2, 0) is 6.54 Å². The van der Waals surface area contributed by atoms with Gasteiger partial charge in [0.05, 0.1) is 5.69 Å². The maximum atomic E-state index is 13.2. The highest BCUT2D eigenvalue weighted by atomic mass is 19.3. The predicted octanol–water partition coefficient (Wildman–Crippen LogP) is 3.00. The Morgan fingerprint density at radius 2 is 2.29 bits per heavy atom. The van der Waals surface area contributed by atoms with Crippen LogP contribution in [0.2, 0.25) is 0 Å². The van der Waals surface area contributed by atoms with Crippen molar-refractivity contribution in [2.45, 2.75) is 38.2 Å². The van der Waals surface area contributed by atoms with E-state index in [1.807, 2.05) is 18.2 Å². The zero-order valence-electron chi connectivity index (χ0n) is 9.83. The van der Waals surface area contributed by atoms with Gasteiger partial charge in [-0.1, -0.05) is 6.07 Å². The third-order valence-electron chi connectivity index (χ3n) is 3.21. The van der Waals surface area contributed by atoms with Gasteiger partial charge in [0.1, 0.15) is 0 Å². The molecule has 0 aromatic carbocycles. The molecular formula is C13H18F2N2. The third kappa shape index (κ3) is 4.04. The Hall–Kier alpha value is -1.03. The lowest BCUT2D eigenvalue weighted by Gasteiger charge is -2.28. The van der Waals surface area contributed by atoms with Crippen LogP contribution in [-0.4, -0.2) is 17.5 Å². The molecule has 17 heavy (non-hydrogen) atoms. The van der Waals surface area contributed by atoms with Gasteiger partial charge in [0.15, 0.2) is 0 Å². The quantitative estimate of drug-likeness (QED) is 0.875. The lowest BCUT2D eigenvalue weighted by atomic mass is 9.86. The molecule has 2 nitrogen and oxygen atoms in total. The number of hydrogen-bond acceptors (Lipinski definition) is 2. The topological polar surface area (TPSA) is 24.9 Å². The van der Waals surface area contributed by atoms with Crippen molar-refractivity contribution in [3.05, 3.63) is 30.1 Å². The Morgan fingerprint density at radius 3 is 3.00 bits per heavy atom. The molecule has 1 aromatic rings. The van der Waals surface area contributed by atoms with Gasteiger partial charge in [0.25, 0.3) is 0 Å². The third-order valence-corrected chi connectivity index (χ3v) is 3.21. The van der Waals surface area contributed by atoms with E-state index >= 15 is 0 Å². The summed E-state index contributed by atoms with van der Waals surface area (Å²) in [7, 11) is 0. The molecule has 1 unspecified atom stereocenters. The minimum absolute atomic E-state index is 0.0300. The molecule has 2 rings (SSSR count). The number of rotatable bonds is 4. The van der Waals surface area contributed by atoms with Crippen molar-refractivity contribution in [1.29, 1.82) is 0 Å². The monoisotopic (exact) mass is 240 g/mol. The molecule has 0 amide bonds. The Balaban J connectivity index is 1.72. The fourth-order valence-corrected chi connectivity index (χ4v) is 2.36. The van der Waals surface area contributed by atoms with E-state index in [0.29, 0.717) is 19.5 Å². The first-order valence-corrected chi connectivity index (χ1v) is 6.14. The van der Waals surface area contributed by atoms with Crippen LogP contribution in [0, 0.1) is 5.92 Å². The van der Waals surface area contributed by atoms with E-state index in [4.69, 9.17) is 0 Å². The van der Waals surface area contributed by atoms with Gasteiger partial charge < -0.3 is 5.32 Å². The lowest BCUT2D eigenvalue weighted by molar-refractivity contribution is -0.0520. The molecule has 0 saturated heterocycles. The number of alkyl halides is 2. The van der Waals surface area contributed by atoms with E-state index in [2.05, 4.69) is 10.3 Å². The summed E-state index contributed by atoms with van der Waals surface area (Å²) in [6.07, 6.45) is 3.38. The van der Waals surface area contributed by atoms with Crippen molar-refractivity contribution in [2.24, 2.45) is 5.92 Å². The molecule has 0 aliphatic heterocycles. The summed E-state index contributed by atoms with van der Waals surface area (Å²) in [6, 6.07) is 5.73. The number of halogens is 2. The van der Waals surface area contributed by atoms with Gasteiger partial charge in [-0.2, -0.15) is 0 Å². The number of nitrogens with zero attached hydrogens (tertiary/aromatic N) is 1. The van der Waals surface area contributed by atoms with E-state index in [1.54, 1.807) is 6.20 Å². The van der Waals surface area contributed by atoms with Crippen LogP contribution >= 0.6 is 0 Å². The molecule has 0 bridgehead atoms. The summed E-state index contributed by atoms with van der Waals surface area (Å²) in [5.41, 5.74) is 0.954. The largest absolute Gasteiger partial charge is 0.311 e. The maximum absolute atomic E-state index is 13.2. The summed E-state index contributed by atoms with van der Waals surface area (Å²) in [4.78, 5) is 4.18. The first-order chi connectivity index (χ1) is 8.16. The molecule has 0 spiro atoms. The fourth-order valence-electron chi connectivity index (χ4n) is 2.36. The van der Waals surface area contributed by atoms with Gasteiger partial charge in [-0.15, -0.1) is 0 Å². The maximum Gasteiger partial charge on any atom is 0.248 e. The number of hydrogen-bond donors (Lipinski definition) is 1. The van der Waals surface area contributed by atoms with Gasteiger partial charge in [-0.25, -0.2) is 8.78 Å². The van der Waals surface area contributed by atoms with Crippen molar-refractivity contribution < 1.29 is 8.78 Å². The standard InChI is InChI=1S/C13H18F2N2/c14-13(15)6-3-4-11(8-13)9-16-10-12-5-1-2-7-17-12/h1-2,5,7,11,16H,3-4,6,8-10H2. The van der Waals surface area contributed by atoms with Crippen LogP contribution in [0.15, 0.2) is 24.4 Å².